The first-order chi connectivity index (χ1) is 34.1. The van der Waals surface area contributed by atoms with Gasteiger partial charge in [-0.1, -0.05) is 188 Å². The van der Waals surface area contributed by atoms with Gasteiger partial charge in [0.25, 0.3) is 0 Å². The van der Waals surface area contributed by atoms with Crippen LogP contribution in [0.1, 0.15) is 38.9 Å². The highest BCUT2D eigenvalue weighted by Crippen LogP contribution is 2.57. The number of furan rings is 1. The monoisotopic (exact) mass is 884 g/mol. The molecule has 0 spiro atoms. The fourth-order valence-corrected chi connectivity index (χ4v) is 10.9. The van der Waals surface area contributed by atoms with Gasteiger partial charge in [-0.2, -0.15) is 0 Å². The Morgan fingerprint density at radius 2 is 1.06 bits per heavy atom. The standard InChI is InChI=1S/C64H44N4O/c65-62(42-18-5-1-6-19-42)67-63(66-41-46-20-17-30-56-61(46)53-28-13-15-29-55(53)64(56,47-21-7-2-8-22-47)48-23-9-3-10-24-48)45-33-36-52-51-35-32-44(39-59(51)69-60(52)40-45)43-34-37-58-54(38-43)50-27-14-16-31-57(50)68(58)49-25-11-4-12-26-49/h1-40H,41H2,(H2,65,66,67). The molecule has 0 amide bonds. The number of amidine groups is 2. The number of benzene rings is 10. The zero-order chi connectivity index (χ0) is 45.9. The summed E-state index contributed by atoms with van der Waals surface area (Å²) in [6, 6.07) is 85.9. The Balaban J connectivity index is 0.914. The maximum Gasteiger partial charge on any atom is 0.157 e. The molecule has 5 heteroatoms. The molecule has 2 N–H and O–H groups in total. The second kappa shape index (κ2) is 16.4. The molecule has 0 saturated heterocycles. The zero-order valence-electron chi connectivity index (χ0n) is 37.6. The minimum absolute atomic E-state index is 0.383. The van der Waals surface area contributed by atoms with Crippen LogP contribution in [0.15, 0.2) is 257 Å². The number of nitrogens with zero attached hydrogens (tertiary/aromatic N) is 3. The lowest BCUT2D eigenvalue weighted by atomic mass is 9.67. The highest BCUT2D eigenvalue weighted by molar-refractivity contribution is 6.14. The maximum atomic E-state index is 6.81. The molecule has 1 aliphatic rings. The summed E-state index contributed by atoms with van der Waals surface area (Å²) in [6.45, 7) is 0.383. The van der Waals surface area contributed by atoms with E-state index >= 15 is 0 Å². The van der Waals surface area contributed by atoms with E-state index in [1.165, 1.54) is 55.2 Å². The van der Waals surface area contributed by atoms with Crippen molar-refractivity contribution in [1.82, 2.24) is 4.57 Å². The molecule has 0 unspecified atom stereocenters. The number of aromatic nitrogens is 1. The fourth-order valence-electron chi connectivity index (χ4n) is 10.9. The van der Waals surface area contributed by atoms with Gasteiger partial charge in [-0.3, -0.25) is 4.99 Å². The molecule has 13 rings (SSSR count). The Kier molecular flexibility index (Phi) is 9.55. The molecule has 2 aromatic heterocycles. The third-order valence-corrected chi connectivity index (χ3v) is 14.0. The average molecular weight is 885 g/mol. The number of hydrogen-bond donors (Lipinski definition) is 1. The van der Waals surface area contributed by atoms with Gasteiger partial charge in [0.1, 0.15) is 17.0 Å². The van der Waals surface area contributed by atoms with Gasteiger partial charge in [-0.25, -0.2) is 4.99 Å². The molecule has 0 fully saturated rings. The number of nitrogens with two attached hydrogens (primary N) is 1. The summed E-state index contributed by atoms with van der Waals surface area (Å²) < 4.78 is 9.09. The SMILES string of the molecule is NC(=NC(=NCc1cccc2c1-c1ccccc1C2(c1ccccc1)c1ccccc1)c1ccc2c(c1)oc1cc(-c3ccc4c(c3)c3ccccc3n4-c3ccccc3)ccc12)c1ccccc1. The largest absolute Gasteiger partial charge is 0.456 e. The predicted molar refractivity (Wildman–Crippen MR) is 285 cm³/mol. The molecule has 1 aliphatic carbocycles. The molecule has 5 nitrogen and oxygen atoms in total. The molecule has 69 heavy (non-hydrogen) atoms. The molecule has 0 radical (unpaired) electrons. The van der Waals surface area contributed by atoms with E-state index in [0.717, 1.165) is 55.4 Å². The van der Waals surface area contributed by atoms with Gasteiger partial charge < -0.3 is 14.7 Å². The summed E-state index contributed by atoms with van der Waals surface area (Å²) in [5.74, 6) is 0.923. The summed E-state index contributed by atoms with van der Waals surface area (Å²) in [7, 11) is 0. The van der Waals surface area contributed by atoms with E-state index in [2.05, 4.69) is 217 Å². The Hall–Kier alpha value is -9.06. The lowest BCUT2D eigenvalue weighted by Crippen LogP contribution is -2.28. The summed E-state index contributed by atoms with van der Waals surface area (Å²) in [5, 5.41) is 4.50. The van der Waals surface area contributed by atoms with Crippen LogP contribution in [0.3, 0.4) is 0 Å². The second-order valence-electron chi connectivity index (χ2n) is 17.8. The van der Waals surface area contributed by atoms with Crippen molar-refractivity contribution in [3.63, 3.8) is 0 Å². The Morgan fingerprint density at radius 1 is 0.464 bits per heavy atom. The summed E-state index contributed by atoms with van der Waals surface area (Å²) in [4.78, 5) is 10.4. The minimum atomic E-state index is -0.505. The van der Waals surface area contributed by atoms with Gasteiger partial charge in [0.2, 0.25) is 0 Å². The van der Waals surface area contributed by atoms with Crippen LogP contribution in [0.5, 0.6) is 0 Å². The van der Waals surface area contributed by atoms with Crippen molar-refractivity contribution in [2.75, 3.05) is 0 Å². The van der Waals surface area contributed by atoms with E-state index in [1.807, 2.05) is 30.3 Å². The van der Waals surface area contributed by atoms with Crippen LogP contribution in [0.25, 0.3) is 71.7 Å². The number of para-hydroxylation sites is 2. The third-order valence-electron chi connectivity index (χ3n) is 14.0. The molecule has 0 aliphatic heterocycles. The number of hydrogen-bond acceptors (Lipinski definition) is 2. The van der Waals surface area contributed by atoms with Crippen LogP contribution >= 0.6 is 0 Å². The molecule has 0 atom stereocenters. The zero-order valence-corrected chi connectivity index (χ0v) is 37.6. The maximum absolute atomic E-state index is 6.81. The van der Waals surface area contributed by atoms with Gasteiger partial charge in [-0.05, 0) is 105 Å². The topological polar surface area (TPSA) is 68.8 Å². The molecule has 0 saturated carbocycles. The third kappa shape index (κ3) is 6.54. The van der Waals surface area contributed by atoms with Gasteiger partial charge in [-0.15, -0.1) is 0 Å². The van der Waals surface area contributed by atoms with Crippen molar-refractivity contribution >= 4 is 55.4 Å². The van der Waals surface area contributed by atoms with Crippen LogP contribution in [0.2, 0.25) is 0 Å². The fraction of sp³-hybridized carbons (Fsp3) is 0.0312. The first-order valence-corrected chi connectivity index (χ1v) is 23.5. The molecule has 12 aromatic rings. The van der Waals surface area contributed by atoms with Gasteiger partial charge >= 0.3 is 0 Å². The van der Waals surface area contributed by atoms with E-state index < -0.39 is 5.41 Å². The second-order valence-corrected chi connectivity index (χ2v) is 17.8. The van der Waals surface area contributed by atoms with Gasteiger partial charge in [0.15, 0.2) is 5.84 Å². The van der Waals surface area contributed by atoms with Crippen molar-refractivity contribution in [2.45, 2.75) is 12.0 Å². The highest BCUT2D eigenvalue weighted by atomic mass is 16.3. The minimum Gasteiger partial charge on any atom is -0.456 e. The van der Waals surface area contributed by atoms with Crippen molar-refractivity contribution in [3.8, 4) is 27.9 Å². The Labute approximate surface area is 399 Å². The molecule has 2 heterocycles. The Bertz CT molecular complexity index is 3940. The smallest absolute Gasteiger partial charge is 0.157 e. The first kappa shape index (κ1) is 40.2. The van der Waals surface area contributed by atoms with Crippen molar-refractivity contribution in [1.29, 1.82) is 0 Å². The highest BCUT2D eigenvalue weighted by Gasteiger charge is 2.46. The predicted octanol–water partition coefficient (Wildman–Crippen LogP) is 15.1. The molecule has 10 aromatic carbocycles. The van der Waals surface area contributed by atoms with E-state index in [9.17, 15) is 0 Å². The lowest BCUT2D eigenvalue weighted by molar-refractivity contribution is 0.669. The molecular formula is C64H44N4O. The quantitative estimate of drug-likeness (QED) is 0.122. The summed E-state index contributed by atoms with van der Waals surface area (Å²) >= 11 is 0. The molecular weight excluding hydrogens is 841 g/mol. The van der Waals surface area contributed by atoms with E-state index in [-0.39, 0.29) is 0 Å². The summed E-state index contributed by atoms with van der Waals surface area (Å²) in [5.41, 5.74) is 23.7. The van der Waals surface area contributed by atoms with Gasteiger partial charge in [0, 0.05) is 38.4 Å². The number of aliphatic imine (C=N–C) groups is 2. The van der Waals surface area contributed by atoms with Crippen molar-refractivity contribution in [2.24, 2.45) is 15.7 Å². The molecule has 0 bridgehead atoms. The van der Waals surface area contributed by atoms with Gasteiger partial charge in [0.05, 0.1) is 23.0 Å². The number of fused-ring (bicyclic) bond motifs is 9. The first-order valence-electron chi connectivity index (χ1n) is 23.5. The number of rotatable bonds is 8. The normalized spacial score (nSPS) is 13.3. The van der Waals surface area contributed by atoms with Crippen LogP contribution in [0.4, 0.5) is 0 Å². The van der Waals surface area contributed by atoms with Crippen LogP contribution in [-0.4, -0.2) is 16.2 Å². The van der Waals surface area contributed by atoms with E-state index in [4.69, 9.17) is 20.1 Å². The average Bonchev–Trinajstić information content (AvgIpc) is 4.06. The van der Waals surface area contributed by atoms with E-state index in [1.54, 1.807) is 0 Å². The van der Waals surface area contributed by atoms with Crippen molar-refractivity contribution < 1.29 is 4.42 Å². The van der Waals surface area contributed by atoms with Crippen LogP contribution in [0, 0.1) is 0 Å². The Morgan fingerprint density at radius 3 is 1.83 bits per heavy atom. The van der Waals surface area contributed by atoms with E-state index in [0.29, 0.717) is 18.2 Å². The summed E-state index contributed by atoms with van der Waals surface area (Å²) in [6.07, 6.45) is 0. The molecule has 326 valence electrons. The lowest BCUT2D eigenvalue weighted by Gasteiger charge is -2.33. The van der Waals surface area contributed by atoms with Crippen molar-refractivity contribution in [3.05, 3.63) is 282 Å². The van der Waals surface area contributed by atoms with Crippen LogP contribution < -0.4 is 5.73 Å². The van der Waals surface area contributed by atoms with Crippen LogP contribution in [-0.2, 0) is 12.0 Å².